The fourth-order valence-electron chi connectivity index (χ4n) is 1.91. The topological polar surface area (TPSA) is 108 Å². The van der Waals surface area contributed by atoms with Crippen LogP contribution < -0.4 is 5.32 Å². The number of benzene rings is 1. The van der Waals surface area contributed by atoms with Gasteiger partial charge in [-0.25, -0.2) is 9.59 Å². The van der Waals surface area contributed by atoms with E-state index in [-0.39, 0.29) is 12.3 Å². The lowest BCUT2D eigenvalue weighted by atomic mass is 10.0. The van der Waals surface area contributed by atoms with Crippen molar-refractivity contribution in [2.45, 2.75) is 17.0 Å². The number of nitro groups is 1. The van der Waals surface area contributed by atoms with Crippen LogP contribution in [0.2, 0.25) is 0 Å². The first-order valence-electron chi connectivity index (χ1n) is 6.05. The van der Waals surface area contributed by atoms with E-state index in [1.165, 1.54) is 24.3 Å². The summed E-state index contributed by atoms with van der Waals surface area (Å²) in [4.78, 5) is 31.3. The predicted molar refractivity (Wildman–Crippen MR) is 75.7 cm³/mol. The molecule has 8 nitrogen and oxygen atoms in total. The number of cyclic esters (lactones) is 1. The summed E-state index contributed by atoms with van der Waals surface area (Å²) in [5.74, 6) is -0.841. The van der Waals surface area contributed by atoms with E-state index in [1.54, 1.807) is 0 Å². The second kappa shape index (κ2) is 6.80. The van der Waals surface area contributed by atoms with Crippen molar-refractivity contribution in [1.29, 1.82) is 0 Å². The molecule has 1 aliphatic heterocycles. The van der Waals surface area contributed by atoms with Gasteiger partial charge in [-0.15, -0.1) is 0 Å². The minimum Gasteiger partial charge on any atom is -0.461 e. The van der Waals surface area contributed by atoms with Crippen molar-refractivity contribution in [2.24, 2.45) is 0 Å². The van der Waals surface area contributed by atoms with Crippen LogP contribution in [0.15, 0.2) is 24.3 Å². The SMILES string of the molecule is O=C1N[C@@H](COC(=O)C(Cl)Cl)[C@H](c2ccc([N+](=O)[O-])cc2)O1. The van der Waals surface area contributed by atoms with Crippen LogP contribution in [0, 0.1) is 10.1 Å². The highest BCUT2D eigenvalue weighted by Gasteiger charge is 2.36. The van der Waals surface area contributed by atoms with Crippen LogP contribution in [0.25, 0.3) is 0 Å². The van der Waals surface area contributed by atoms with E-state index in [9.17, 15) is 19.7 Å². The molecule has 2 rings (SSSR count). The molecule has 1 aromatic rings. The molecule has 1 saturated heterocycles. The number of alkyl halides is 2. The fraction of sp³-hybridized carbons (Fsp3) is 0.333. The summed E-state index contributed by atoms with van der Waals surface area (Å²) in [5, 5.41) is 13.1. The van der Waals surface area contributed by atoms with Gasteiger partial charge in [0.25, 0.3) is 5.69 Å². The van der Waals surface area contributed by atoms with Crippen molar-refractivity contribution in [3.05, 3.63) is 39.9 Å². The minimum atomic E-state index is -1.32. The van der Waals surface area contributed by atoms with Gasteiger partial charge in [0.15, 0.2) is 6.10 Å². The number of hydrogen-bond acceptors (Lipinski definition) is 6. The van der Waals surface area contributed by atoms with Crippen LogP contribution in [0.4, 0.5) is 10.5 Å². The number of amides is 1. The summed E-state index contributed by atoms with van der Waals surface area (Å²) in [7, 11) is 0. The van der Waals surface area contributed by atoms with E-state index in [4.69, 9.17) is 32.7 Å². The van der Waals surface area contributed by atoms with Gasteiger partial charge in [0.2, 0.25) is 4.84 Å². The third-order valence-corrected chi connectivity index (χ3v) is 3.27. The first-order chi connectivity index (χ1) is 10.4. The summed E-state index contributed by atoms with van der Waals surface area (Å²) >= 11 is 10.7. The lowest BCUT2D eigenvalue weighted by Gasteiger charge is -2.17. The van der Waals surface area contributed by atoms with E-state index >= 15 is 0 Å². The number of alkyl carbamates (subject to hydrolysis) is 1. The van der Waals surface area contributed by atoms with Crippen LogP contribution in [0.3, 0.4) is 0 Å². The van der Waals surface area contributed by atoms with Crippen molar-refractivity contribution in [3.63, 3.8) is 0 Å². The van der Waals surface area contributed by atoms with Gasteiger partial charge < -0.3 is 14.8 Å². The Morgan fingerprint density at radius 2 is 2.05 bits per heavy atom. The number of hydrogen-bond donors (Lipinski definition) is 1. The standard InChI is InChI=1S/C12H10Cl2N2O6/c13-10(14)11(17)21-5-8-9(22-12(18)15-8)6-1-3-7(4-2-6)16(19)20/h1-4,8-10H,5H2,(H,15,18)/t8-,9-/m0/s1. The number of nitro benzene ring substituents is 1. The Kier molecular flexibility index (Phi) is 5.04. The first kappa shape index (κ1) is 16.3. The molecule has 1 aromatic carbocycles. The molecule has 1 fully saturated rings. The summed E-state index contributed by atoms with van der Waals surface area (Å²) in [6.07, 6.45) is -1.43. The number of carbonyl (C=O) groups is 2. The molecule has 1 amide bonds. The zero-order chi connectivity index (χ0) is 16.3. The molecular formula is C12H10Cl2N2O6. The van der Waals surface area contributed by atoms with Crippen molar-refractivity contribution in [3.8, 4) is 0 Å². The normalized spacial score (nSPS) is 20.4. The highest BCUT2D eigenvalue weighted by atomic mass is 35.5. The number of esters is 1. The monoisotopic (exact) mass is 348 g/mol. The molecule has 118 valence electrons. The maximum atomic E-state index is 11.4. The lowest BCUT2D eigenvalue weighted by molar-refractivity contribution is -0.384. The van der Waals surface area contributed by atoms with Crippen LogP contribution in [-0.2, 0) is 14.3 Å². The summed E-state index contributed by atoms with van der Waals surface area (Å²) in [5.41, 5.74) is 0.439. The van der Waals surface area contributed by atoms with Crippen molar-refractivity contribution in [2.75, 3.05) is 6.61 Å². The highest BCUT2D eigenvalue weighted by molar-refractivity contribution is 6.52. The second-order valence-electron chi connectivity index (χ2n) is 4.36. The number of halogens is 2. The molecule has 0 bridgehead atoms. The molecule has 22 heavy (non-hydrogen) atoms. The maximum Gasteiger partial charge on any atom is 0.408 e. The Labute approximate surface area is 134 Å². The van der Waals surface area contributed by atoms with E-state index in [2.05, 4.69) is 5.32 Å². The van der Waals surface area contributed by atoms with Crippen molar-refractivity contribution >= 4 is 41.0 Å². The predicted octanol–water partition coefficient (Wildman–Crippen LogP) is 2.09. The quantitative estimate of drug-likeness (QED) is 0.377. The molecule has 2 atom stereocenters. The Hall–Kier alpha value is -2.06. The molecule has 0 radical (unpaired) electrons. The molecule has 0 unspecified atom stereocenters. The molecule has 1 heterocycles. The molecule has 1 N–H and O–H groups in total. The van der Waals surface area contributed by atoms with E-state index in [0.717, 1.165) is 0 Å². The first-order valence-corrected chi connectivity index (χ1v) is 6.92. The maximum absolute atomic E-state index is 11.4. The number of ether oxygens (including phenoxy) is 2. The Balaban J connectivity index is 2.08. The Morgan fingerprint density at radius 1 is 1.41 bits per heavy atom. The number of non-ortho nitro benzene ring substituents is 1. The van der Waals surface area contributed by atoms with Crippen molar-refractivity contribution < 1.29 is 24.0 Å². The zero-order valence-corrected chi connectivity index (χ0v) is 12.4. The second-order valence-corrected chi connectivity index (χ2v) is 5.45. The van der Waals surface area contributed by atoms with Gasteiger partial charge in [-0.3, -0.25) is 10.1 Å². The van der Waals surface area contributed by atoms with Crippen LogP contribution in [-0.4, -0.2) is 34.5 Å². The molecule has 1 aliphatic rings. The van der Waals surface area contributed by atoms with Gasteiger partial charge in [-0.2, -0.15) is 0 Å². The van der Waals surface area contributed by atoms with Crippen LogP contribution in [0.5, 0.6) is 0 Å². The van der Waals surface area contributed by atoms with E-state index in [0.29, 0.717) is 5.56 Å². The lowest BCUT2D eigenvalue weighted by Crippen LogP contribution is -2.34. The summed E-state index contributed by atoms with van der Waals surface area (Å²) in [6.45, 7) is -0.192. The van der Waals surface area contributed by atoms with Gasteiger partial charge in [-0.05, 0) is 17.7 Å². The van der Waals surface area contributed by atoms with Gasteiger partial charge >= 0.3 is 12.1 Å². The Bertz CT molecular complexity index is 592. The van der Waals surface area contributed by atoms with Gasteiger partial charge in [0.1, 0.15) is 12.6 Å². The van der Waals surface area contributed by atoms with Gasteiger partial charge in [0.05, 0.1) is 4.92 Å². The number of rotatable bonds is 5. The van der Waals surface area contributed by atoms with E-state index in [1.807, 2.05) is 0 Å². The van der Waals surface area contributed by atoms with E-state index < -0.39 is 34.0 Å². The number of nitrogens with one attached hydrogen (secondary N) is 1. The molecule has 10 heteroatoms. The zero-order valence-electron chi connectivity index (χ0n) is 10.9. The number of carbonyl (C=O) groups excluding carboxylic acids is 2. The minimum absolute atomic E-state index is 0.0869. The van der Waals surface area contributed by atoms with Crippen LogP contribution >= 0.6 is 23.2 Å². The summed E-state index contributed by atoms with van der Waals surface area (Å²) < 4.78 is 9.92. The van der Waals surface area contributed by atoms with Crippen molar-refractivity contribution in [1.82, 2.24) is 5.32 Å². The fourth-order valence-corrected chi connectivity index (χ4v) is 2.03. The third kappa shape index (κ3) is 3.77. The molecular weight excluding hydrogens is 339 g/mol. The summed E-state index contributed by atoms with van der Waals surface area (Å²) in [6, 6.07) is 4.86. The van der Waals surface area contributed by atoms with Gasteiger partial charge in [0, 0.05) is 12.1 Å². The largest absolute Gasteiger partial charge is 0.461 e. The Morgan fingerprint density at radius 3 is 2.59 bits per heavy atom. The average Bonchev–Trinajstić information content (AvgIpc) is 2.85. The number of nitrogens with zero attached hydrogens (tertiary/aromatic N) is 1. The smallest absolute Gasteiger partial charge is 0.408 e. The molecule has 0 aromatic heterocycles. The highest BCUT2D eigenvalue weighted by Crippen LogP contribution is 2.28. The molecule has 0 aliphatic carbocycles. The third-order valence-electron chi connectivity index (χ3n) is 2.92. The van der Waals surface area contributed by atoms with Gasteiger partial charge in [-0.1, -0.05) is 23.2 Å². The van der Waals surface area contributed by atoms with Crippen LogP contribution in [0.1, 0.15) is 11.7 Å². The average molecular weight is 349 g/mol. The molecule has 0 spiro atoms. The molecule has 0 saturated carbocycles.